The third-order valence-electron chi connectivity index (χ3n) is 3.58. The molecule has 0 bridgehead atoms. The van der Waals surface area contributed by atoms with Gasteiger partial charge in [-0.15, -0.1) is 0 Å². The summed E-state index contributed by atoms with van der Waals surface area (Å²) in [5.41, 5.74) is 0.364. The van der Waals surface area contributed by atoms with Gasteiger partial charge in [-0.1, -0.05) is 18.0 Å². The standard InChI is InChI=1S/C13H16ClNO3S/c1-19(17,18)11-4-2-3-9(7-11)13(16)12-6-5-10(14)8-15-12/h5-6,8-9,11H,2-4,7H2,1H3. The summed E-state index contributed by atoms with van der Waals surface area (Å²) < 4.78 is 23.2. The quantitative estimate of drug-likeness (QED) is 0.805. The number of carbonyl (C=O) groups is 1. The maximum Gasteiger partial charge on any atom is 0.184 e. The summed E-state index contributed by atoms with van der Waals surface area (Å²) in [6.45, 7) is 0. The van der Waals surface area contributed by atoms with Crippen LogP contribution in [0.4, 0.5) is 0 Å². The third-order valence-corrected chi connectivity index (χ3v) is 5.44. The van der Waals surface area contributed by atoms with Gasteiger partial charge in [-0.3, -0.25) is 9.78 Å². The van der Waals surface area contributed by atoms with Gasteiger partial charge in [-0.25, -0.2) is 8.42 Å². The number of nitrogens with zero attached hydrogens (tertiary/aromatic N) is 1. The lowest BCUT2D eigenvalue weighted by Gasteiger charge is -2.26. The molecular formula is C13H16ClNO3S. The third kappa shape index (κ3) is 3.54. The van der Waals surface area contributed by atoms with E-state index in [0.29, 0.717) is 23.6 Å². The molecule has 0 N–H and O–H groups in total. The Kier molecular flexibility index (Phi) is 4.26. The number of pyridine rings is 1. The highest BCUT2D eigenvalue weighted by molar-refractivity contribution is 7.91. The van der Waals surface area contributed by atoms with Crippen molar-refractivity contribution in [2.45, 2.75) is 30.9 Å². The molecule has 4 nitrogen and oxygen atoms in total. The van der Waals surface area contributed by atoms with Crippen LogP contribution in [0.5, 0.6) is 0 Å². The summed E-state index contributed by atoms with van der Waals surface area (Å²) in [6, 6.07) is 3.22. The first kappa shape index (κ1) is 14.5. The highest BCUT2D eigenvalue weighted by Crippen LogP contribution is 2.30. The second-order valence-electron chi connectivity index (χ2n) is 5.04. The Morgan fingerprint density at radius 2 is 2.11 bits per heavy atom. The Balaban J connectivity index is 2.13. The number of ketones is 1. The lowest BCUT2D eigenvalue weighted by atomic mass is 9.85. The fourth-order valence-electron chi connectivity index (χ4n) is 2.50. The maximum absolute atomic E-state index is 12.3. The van der Waals surface area contributed by atoms with Crippen LogP contribution in [0.15, 0.2) is 18.3 Å². The van der Waals surface area contributed by atoms with Crippen LogP contribution >= 0.6 is 11.6 Å². The second kappa shape index (κ2) is 5.59. The van der Waals surface area contributed by atoms with Crippen molar-refractivity contribution in [2.24, 2.45) is 5.92 Å². The van der Waals surface area contributed by atoms with E-state index < -0.39 is 15.1 Å². The number of aromatic nitrogens is 1. The van der Waals surface area contributed by atoms with E-state index in [0.717, 1.165) is 12.8 Å². The molecule has 0 saturated heterocycles. The SMILES string of the molecule is CS(=O)(=O)C1CCCC(C(=O)c2ccc(Cl)cn2)C1. The van der Waals surface area contributed by atoms with Crippen molar-refractivity contribution in [3.05, 3.63) is 29.0 Å². The van der Waals surface area contributed by atoms with Crippen LogP contribution in [0, 0.1) is 5.92 Å². The minimum atomic E-state index is -3.07. The molecule has 1 aromatic heterocycles. The van der Waals surface area contributed by atoms with E-state index in [4.69, 9.17) is 11.6 Å². The molecule has 1 heterocycles. The van der Waals surface area contributed by atoms with Gasteiger partial charge in [-0.05, 0) is 31.4 Å². The van der Waals surface area contributed by atoms with E-state index in [1.54, 1.807) is 12.1 Å². The summed E-state index contributed by atoms with van der Waals surface area (Å²) >= 11 is 5.73. The Hall–Kier alpha value is -0.940. The predicted octanol–water partition coefficient (Wildman–Crippen LogP) is 2.52. The molecule has 0 spiro atoms. The Bertz CT molecular complexity index is 568. The molecule has 2 atom stereocenters. The van der Waals surface area contributed by atoms with Gasteiger partial charge in [0.05, 0.1) is 10.3 Å². The summed E-state index contributed by atoms with van der Waals surface area (Å²) in [7, 11) is -3.07. The van der Waals surface area contributed by atoms with Gasteiger partial charge < -0.3 is 0 Å². The zero-order valence-electron chi connectivity index (χ0n) is 10.7. The smallest absolute Gasteiger partial charge is 0.184 e. The molecule has 1 aliphatic carbocycles. The molecule has 19 heavy (non-hydrogen) atoms. The first-order chi connectivity index (χ1) is 8.88. The highest BCUT2D eigenvalue weighted by atomic mass is 35.5. The molecule has 0 aromatic carbocycles. The van der Waals surface area contributed by atoms with Gasteiger partial charge in [0.25, 0.3) is 0 Å². The minimum Gasteiger partial charge on any atom is -0.292 e. The maximum atomic E-state index is 12.3. The van der Waals surface area contributed by atoms with Crippen molar-refractivity contribution in [2.75, 3.05) is 6.26 Å². The zero-order chi connectivity index (χ0) is 14.0. The van der Waals surface area contributed by atoms with Crippen molar-refractivity contribution in [3.8, 4) is 0 Å². The average Bonchev–Trinajstić information content (AvgIpc) is 2.38. The molecule has 0 aliphatic heterocycles. The molecule has 1 aromatic rings. The number of hydrogen-bond donors (Lipinski definition) is 0. The van der Waals surface area contributed by atoms with E-state index in [-0.39, 0.29) is 11.7 Å². The van der Waals surface area contributed by atoms with Crippen LogP contribution in [0.1, 0.15) is 36.2 Å². The van der Waals surface area contributed by atoms with E-state index >= 15 is 0 Å². The predicted molar refractivity (Wildman–Crippen MR) is 74.2 cm³/mol. The summed E-state index contributed by atoms with van der Waals surface area (Å²) in [5, 5.41) is 0.0803. The van der Waals surface area contributed by atoms with Gasteiger partial charge >= 0.3 is 0 Å². The molecule has 1 fully saturated rings. The lowest BCUT2D eigenvalue weighted by molar-refractivity contribution is 0.0885. The first-order valence-electron chi connectivity index (χ1n) is 6.22. The van der Waals surface area contributed by atoms with E-state index in [2.05, 4.69) is 4.98 Å². The Morgan fingerprint density at radius 1 is 1.37 bits per heavy atom. The van der Waals surface area contributed by atoms with Gasteiger partial charge in [-0.2, -0.15) is 0 Å². The van der Waals surface area contributed by atoms with Crippen molar-refractivity contribution in [1.82, 2.24) is 4.98 Å². The Morgan fingerprint density at radius 3 is 2.68 bits per heavy atom. The monoisotopic (exact) mass is 301 g/mol. The molecule has 104 valence electrons. The fourth-order valence-corrected chi connectivity index (χ4v) is 3.79. The zero-order valence-corrected chi connectivity index (χ0v) is 12.2. The number of hydrogen-bond acceptors (Lipinski definition) is 4. The van der Waals surface area contributed by atoms with Gasteiger partial charge in [0.1, 0.15) is 15.5 Å². The normalized spacial score (nSPS) is 24.1. The minimum absolute atomic E-state index is 0.0787. The van der Waals surface area contributed by atoms with Crippen LogP contribution in [-0.2, 0) is 9.84 Å². The van der Waals surface area contributed by atoms with Crippen LogP contribution in [0.25, 0.3) is 0 Å². The number of Topliss-reactive ketones (excluding diaryl/α,β-unsaturated/α-hetero) is 1. The van der Waals surface area contributed by atoms with Gasteiger partial charge in [0, 0.05) is 18.4 Å². The lowest BCUT2D eigenvalue weighted by Crippen LogP contribution is -2.31. The van der Waals surface area contributed by atoms with E-state index in [9.17, 15) is 13.2 Å². The molecule has 1 aliphatic rings. The fraction of sp³-hybridized carbons (Fsp3) is 0.538. The molecular weight excluding hydrogens is 286 g/mol. The van der Waals surface area contributed by atoms with Crippen molar-refractivity contribution in [3.63, 3.8) is 0 Å². The van der Waals surface area contributed by atoms with E-state index in [1.165, 1.54) is 12.5 Å². The van der Waals surface area contributed by atoms with Crippen molar-refractivity contribution >= 4 is 27.2 Å². The number of rotatable bonds is 3. The molecule has 6 heteroatoms. The van der Waals surface area contributed by atoms with E-state index in [1.807, 2.05) is 0 Å². The molecule has 1 saturated carbocycles. The van der Waals surface area contributed by atoms with Crippen LogP contribution < -0.4 is 0 Å². The molecule has 0 amide bonds. The average molecular weight is 302 g/mol. The second-order valence-corrected chi connectivity index (χ2v) is 7.80. The first-order valence-corrected chi connectivity index (χ1v) is 8.56. The number of sulfone groups is 1. The summed E-state index contributed by atoms with van der Waals surface area (Å²) in [5.74, 6) is -0.327. The molecule has 0 radical (unpaired) electrons. The van der Waals surface area contributed by atoms with Crippen LogP contribution in [0.3, 0.4) is 0 Å². The van der Waals surface area contributed by atoms with Crippen LogP contribution in [0.2, 0.25) is 5.02 Å². The number of halogens is 1. The topological polar surface area (TPSA) is 64.1 Å². The number of carbonyl (C=O) groups excluding carboxylic acids is 1. The molecule has 2 unspecified atom stereocenters. The van der Waals surface area contributed by atoms with Crippen molar-refractivity contribution in [1.29, 1.82) is 0 Å². The van der Waals surface area contributed by atoms with Gasteiger partial charge in [0.2, 0.25) is 0 Å². The summed E-state index contributed by atoms with van der Waals surface area (Å²) in [6.07, 6.45) is 5.23. The largest absolute Gasteiger partial charge is 0.292 e. The van der Waals surface area contributed by atoms with Crippen molar-refractivity contribution < 1.29 is 13.2 Å². The summed E-state index contributed by atoms with van der Waals surface area (Å²) in [4.78, 5) is 16.3. The van der Waals surface area contributed by atoms with Crippen LogP contribution in [-0.4, -0.2) is 30.7 Å². The highest BCUT2D eigenvalue weighted by Gasteiger charge is 2.33. The Labute approximate surface area is 118 Å². The van der Waals surface area contributed by atoms with Gasteiger partial charge in [0.15, 0.2) is 5.78 Å². The molecule has 2 rings (SSSR count).